The molecule has 1 fully saturated rings. The van der Waals surface area contributed by atoms with Crippen molar-refractivity contribution in [2.45, 2.75) is 31.8 Å². The maximum atomic E-state index is 11.4. The summed E-state index contributed by atoms with van der Waals surface area (Å²) in [5, 5.41) is 13.1. The highest BCUT2D eigenvalue weighted by molar-refractivity contribution is 5.89. The van der Waals surface area contributed by atoms with Crippen molar-refractivity contribution in [2.24, 2.45) is 0 Å². The summed E-state index contributed by atoms with van der Waals surface area (Å²) in [7, 11) is 1.35. The molecule has 1 N–H and O–H groups in total. The van der Waals surface area contributed by atoms with Gasteiger partial charge in [0, 0.05) is 18.2 Å². The smallest absolute Gasteiger partial charge is 0.337 e. The van der Waals surface area contributed by atoms with E-state index in [1.807, 2.05) is 0 Å². The van der Waals surface area contributed by atoms with Crippen LogP contribution in [0.2, 0.25) is 0 Å². The molecule has 0 amide bonds. The molecule has 0 saturated carbocycles. The normalized spacial score (nSPS) is 18.0. The van der Waals surface area contributed by atoms with Gasteiger partial charge in [-0.15, -0.1) is 0 Å². The molecule has 7 heteroatoms. The summed E-state index contributed by atoms with van der Waals surface area (Å²) in [5.41, 5.74) is 1.26. The van der Waals surface area contributed by atoms with Crippen LogP contribution in [-0.2, 0) is 11.3 Å². The van der Waals surface area contributed by atoms with Crippen molar-refractivity contribution >= 4 is 5.97 Å². The average Bonchev–Trinajstić information content (AvgIpc) is 3.25. The lowest BCUT2D eigenvalue weighted by molar-refractivity contribution is 0.0600. The number of aliphatic hydroxyl groups is 1. The Morgan fingerprint density at radius 2 is 2.21 bits per heavy atom. The monoisotopic (exact) mass is 331 g/mol. The van der Waals surface area contributed by atoms with Crippen molar-refractivity contribution < 1.29 is 19.2 Å². The van der Waals surface area contributed by atoms with E-state index in [9.17, 15) is 4.79 Å². The highest BCUT2D eigenvalue weighted by Crippen LogP contribution is 2.23. The SMILES string of the molecule is COC(=O)c1ccc(-c2noc(CN3CCC[C@@H]3CCO)n2)cc1. The van der Waals surface area contributed by atoms with E-state index < -0.39 is 0 Å². The van der Waals surface area contributed by atoms with Crippen molar-refractivity contribution in [1.82, 2.24) is 15.0 Å². The number of aliphatic hydroxyl groups excluding tert-OH is 1. The Hall–Kier alpha value is -2.25. The Morgan fingerprint density at radius 1 is 1.42 bits per heavy atom. The molecule has 24 heavy (non-hydrogen) atoms. The Labute approximate surface area is 140 Å². The quantitative estimate of drug-likeness (QED) is 0.808. The summed E-state index contributed by atoms with van der Waals surface area (Å²) in [6, 6.07) is 7.27. The standard InChI is InChI=1S/C17H21N3O4/c1-23-17(22)13-6-4-12(5-7-13)16-18-15(24-19-16)11-20-9-2-3-14(20)8-10-21/h4-7,14,21H,2-3,8-11H2,1H3/t14-/m1/s1. The van der Waals surface area contributed by atoms with Crippen LogP contribution in [0.5, 0.6) is 0 Å². The van der Waals surface area contributed by atoms with Crippen LogP contribution in [-0.4, -0.2) is 52.4 Å². The number of hydrogen-bond acceptors (Lipinski definition) is 7. The third-order valence-electron chi connectivity index (χ3n) is 4.33. The maximum Gasteiger partial charge on any atom is 0.337 e. The Balaban J connectivity index is 1.68. The van der Waals surface area contributed by atoms with Crippen LogP contribution < -0.4 is 0 Å². The van der Waals surface area contributed by atoms with Crippen LogP contribution in [0, 0.1) is 0 Å². The zero-order chi connectivity index (χ0) is 16.9. The fourth-order valence-corrected chi connectivity index (χ4v) is 3.06. The molecule has 0 aliphatic carbocycles. The first-order valence-corrected chi connectivity index (χ1v) is 8.07. The van der Waals surface area contributed by atoms with E-state index in [0.29, 0.717) is 29.9 Å². The number of benzene rings is 1. The van der Waals surface area contributed by atoms with Crippen LogP contribution in [0.4, 0.5) is 0 Å². The Kier molecular flexibility index (Phi) is 5.22. The first-order chi connectivity index (χ1) is 11.7. The summed E-state index contributed by atoms with van der Waals surface area (Å²) >= 11 is 0. The molecular formula is C17H21N3O4. The molecule has 1 aliphatic rings. The molecular weight excluding hydrogens is 310 g/mol. The second-order valence-electron chi connectivity index (χ2n) is 5.86. The number of esters is 1. The molecule has 2 heterocycles. The van der Waals surface area contributed by atoms with Crippen molar-refractivity contribution in [1.29, 1.82) is 0 Å². The molecule has 0 radical (unpaired) electrons. The first kappa shape index (κ1) is 16.6. The van der Waals surface area contributed by atoms with Gasteiger partial charge in [-0.2, -0.15) is 4.98 Å². The number of rotatable bonds is 6. The molecule has 0 bridgehead atoms. The third-order valence-corrected chi connectivity index (χ3v) is 4.33. The number of nitrogens with zero attached hydrogens (tertiary/aromatic N) is 3. The molecule has 1 aliphatic heterocycles. The van der Waals surface area contributed by atoms with E-state index in [0.717, 1.165) is 31.4 Å². The van der Waals surface area contributed by atoms with Crippen LogP contribution in [0.25, 0.3) is 11.4 Å². The van der Waals surface area contributed by atoms with Gasteiger partial charge in [0.15, 0.2) is 0 Å². The van der Waals surface area contributed by atoms with Gasteiger partial charge in [0.05, 0.1) is 19.2 Å². The van der Waals surface area contributed by atoms with Gasteiger partial charge in [0.2, 0.25) is 11.7 Å². The van der Waals surface area contributed by atoms with Crippen molar-refractivity contribution in [3.05, 3.63) is 35.7 Å². The Bertz CT molecular complexity index is 683. The number of likely N-dealkylation sites (tertiary alicyclic amines) is 1. The van der Waals surface area contributed by atoms with Gasteiger partial charge in [-0.05, 0) is 37.9 Å². The molecule has 2 aromatic rings. The van der Waals surface area contributed by atoms with Crippen molar-refractivity contribution in [3.63, 3.8) is 0 Å². The lowest BCUT2D eigenvalue weighted by Crippen LogP contribution is -2.29. The topological polar surface area (TPSA) is 88.7 Å². The largest absolute Gasteiger partial charge is 0.465 e. The molecule has 7 nitrogen and oxygen atoms in total. The summed E-state index contributed by atoms with van der Waals surface area (Å²) in [5.74, 6) is 0.686. The Morgan fingerprint density at radius 3 is 2.92 bits per heavy atom. The first-order valence-electron chi connectivity index (χ1n) is 8.07. The molecule has 3 rings (SSSR count). The van der Waals surface area contributed by atoms with E-state index >= 15 is 0 Å². The number of hydrogen-bond donors (Lipinski definition) is 1. The highest BCUT2D eigenvalue weighted by atomic mass is 16.5. The van der Waals surface area contributed by atoms with Crippen LogP contribution >= 0.6 is 0 Å². The fraction of sp³-hybridized carbons (Fsp3) is 0.471. The van der Waals surface area contributed by atoms with Gasteiger partial charge in [0.25, 0.3) is 0 Å². The van der Waals surface area contributed by atoms with Crippen LogP contribution in [0.1, 0.15) is 35.5 Å². The van der Waals surface area contributed by atoms with Gasteiger partial charge in [-0.1, -0.05) is 17.3 Å². The zero-order valence-electron chi connectivity index (χ0n) is 13.6. The average molecular weight is 331 g/mol. The number of methoxy groups -OCH3 is 1. The van der Waals surface area contributed by atoms with Crippen molar-refractivity contribution in [2.75, 3.05) is 20.3 Å². The predicted molar refractivity (Wildman–Crippen MR) is 86.2 cm³/mol. The number of ether oxygens (including phenoxy) is 1. The lowest BCUT2D eigenvalue weighted by Gasteiger charge is -2.21. The molecule has 1 saturated heterocycles. The van der Waals surface area contributed by atoms with Gasteiger partial charge in [0.1, 0.15) is 0 Å². The second kappa shape index (κ2) is 7.55. The maximum absolute atomic E-state index is 11.4. The van der Waals surface area contributed by atoms with Crippen LogP contribution in [0.3, 0.4) is 0 Å². The summed E-state index contributed by atoms with van der Waals surface area (Å²) < 4.78 is 10.0. The van der Waals surface area contributed by atoms with Crippen LogP contribution in [0.15, 0.2) is 28.8 Å². The fourth-order valence-electron chi connectivity index (χ4n) is 3.06. The predicted octanol–water partition coefficient (Wildman–Crippen LogP) is 1.87. The number of carbonyl (C=O) groups excluding carboxylic acids is 1. The molecule has 1 aromatic heterocycles. The van der Waals surface area contributed by atoms with E-state index in [4.69, 9.17) is 9.63 Å². The highest BCUT2D eigenvalue weighted by Gasteiger charge is 2.25. The summed E-state index contributed by atoms with van der Waals surface area (Å²) in [6.45, 7) is 1.77. The van der Waals surface area contributed by atoms with Gasteiger partial charge >= 0.3 is 5.97 Å². The van der Waals surface area contributed by atoms with E-state index in [1.54, 1.807) is 24.3 Å². The molecule has 1 atom stereocenters. The number of aromatic nitrogens is 2. The van der Waals surface area contributed by atoms with Gasteiger partial charge in [-0.3, -0.25) is 4.90 Å². The van der Waals surface area contributed by atoms with Gasteiger partial charge < -0.3 is 14.4 Å². The molecule has 1 aromatic carbocycles. The third kappa shape index (κ3) is 3.63. The van der Waals surface area contributed by atoms with Gasteiger partial charge in [-0.25, -0.2) is 4.79 Å². The summed E-state index contributed by atoms with van der Waals surface area (Å²) in [6.07, 6.45) is 2.99. The zero-order valence-corrected chi connectivity index (χ0v) is 13.6. The number of carbonyl (C=O) groups is 1. The van der Waals surface area contributed by atoms with Crippen molar-refractivity contribution in [3.8, 4) is 11.4 Å². The minimum absolute atomic E-state index is 0.197. The molecule has 0 unspecified atom stereocenters. The van der Waals surface area contributed by atoms with E-state index in [2.05, 4.69) is 19.8 Å². The lowest BCUT2D eigenvalue weighted by atomic mass is 10.1. The summed E-state index contributed by atoms with van der Waals surface area (Å²) in [4.78, 5) is 18.2. The minimum Gasteiger partial charge on any atom is -0.465 e. The minimum atomic E-state index is -0.376. The van der Waals surface area contributed by atoms with E-state index in [-0.39, 0.29) is 12.6 Å². The second-order valence-corrected chi connectivity index (χ2v) is 5.86. The molecule has 0 spiro atoms. The molecule has 128 valence electrons. The van der Waals surface area contributed by atoms with E-state index in [1.165, 1.54) is 7.11 Å².